The molecule has 0 aliphatic carbocycles. The fraction of sp³-hybridized carbons (Fsp3) is 0.500. The van der Waals surface area contributed by atoms with E-state index in [0.29, 0.717) is 37.8 Å². The molecule has 2 aromatic rings. The van der Waals surface area contributed by atoms with E-state index < -0.39 is 11.7 Å². The smallest absolute Gasteiger partial charge is 0.379 e. The monoisotopic (exact) mass is 411 g/mol. The number of nitrogens with zero attached hydrogens (tertiary/aromatic N) is 2. The van der Waals surface area contributed by atoms with Crippen molar-refractivity contribution in [1.82, 2.24) is 15.4 Å². The number of morpholine rings is 1. The largest absolute Gasteiger partial charge is 0.416 e. The van der Waals surface area contributed by atoms with Crippen LogP contribution in [0.1, 0.15) is 34.2 Å². The molecule has 29 heavy (non-hydrogen) atoms. The van der Waals surface area contributed by atoms with Crippen LogP contribution in [0.4, 0.5) is 13.2 Å². The fourth-order valence-electron chi connectivity index (χ4n) is 3.43. The van der Waals surface area contributed by atoms with Gasteiger partial charge in [-0.05, 0) is 31.5 Å². The summed E-state index contributed by atoms with van der Waals surface area (Å²) in [4.78, 5) is 14.6. The van der Waals surface area contributed by atoms with Gasteiger partial charge in [-0.15, -0.1) is 0 Å². The number of hydrogen-bond donors (Lipinski definition) is 1. The maximum Gasteiger partial charge on any atom is 0.416 e. The molecule has 0 bridgehead atoms. The van der Waals surface area contributed by atoms with Crippen LogP contribution in [0.3, 0.4) is 0 Å². The third-order valence-electron chi connectivity index (χ3n) is 5.12. The minimum Gasteiger partial charge on any atom is -0.379 e. The SMILES string of the molecule is Cc1noc(C)c1CC(=O)NCC(c1ccc(C(F)(F)F)cc1)N1CCOCC1. The molecule has 2 heterocycles. The Morgan fingerprint density at radius 3 is 2.41 bits per heavy atom. The molecule has 3 rings (SSSR count). The van der Waals surface area contributed by atoms with Gasteiger partial charge in [0, 0.05) is 25.2 Å². The molecule has 1 aromatic carbocycles. The Morgan fingerprint density at radius 2 is 1.86 bits per heavy atom. The first-order chi connectivity index (χ1) is 13.8. The third-order valence-corrected chi connectivity index (χ3v) is 5.12. The number of aryl methyl sites for hydroxylation is 2. The number of nitrogens with one attached hydrogen (secondary N) is 1. The molecular weight excluding hydrogens is 387 g/mol. The summed E-state index contributed by atoms with van der Waals surface area (Å²) in [5, 5.41) is 6.75. The lowest BCUT2D eigenvalue weighted by atomic mass is 10.0. The third kappa shape index (κ3) is 5.36. The second-order valence-corrected chi connectivity index (χ2v) is 7.07. The zero-order valence-corrected chi connectivity index (χ0v) is 16.4. The number of benzene rings is 1. The molecule has 1 unspecified atom stereocenters. The molecule has 1 aliphatic rings. The molecule has 9 heteroatoms. The lowest BCUT2D eigenvalue weighted by Crippen LogP contribution is -2.44. The fourth-order valence-corrected chi connectivity index (χ4v) is 3.43. The summed E-state index contributed by atoms with van der Waals surface area (Å²) in [6.45, 7) is 6.19. The van der Waals surface area contributed by atoms with Crippen molar-refractivity contribution in [3.8, 4) is 0 Å². The molecular formula is C20H24F3N3O3. The van der Waals surface area contributed by atoms with Crippen molar-refractivity contribution >= 4 is 5.91 Å². The van der Waals surface area contributed by atoms with Crippen LogP contribution < -0.4 is 5.32 Å². The highest BCUT2D eigenvalue weighted by molar-refractivity contribution is 5.79. The van der Waals surface area contributed by atoms with Crippen LogP contribution in [-0.4, -0.2) is 48.8 Å². The first-order valence-corrected chi connectivity index (χ1v) is 9.43. The van der Waals surface area contributed by atoms with Crippen molar-refractivity contribution in [2.75, 3.05) is 32.8 Å². The molecule has 6 nitrogen and oxygen atoms in total. The number of alkyl halides is 3. The minimum absolute atomic E-state index is 0.143. The summed E-state index contributed by atoms with van der Waals surface area (Å²) in [6, 6.07) is 4.87. The lowest BCUT2D eigenvalue weighted by Gasteiger charge is -2.35. The van der Waals surface area contributed by atoms with E-state index in [2.05, 4.69) is 15.4 Å². The summed E-state index contributed by atoms with van der Waals surface area (Å²) in [5.41, 5.74) is 1.45. The molecule has 1 atom stereocenters. The van der Waals surface area contributed by atoms with Crippen molar-refractivity contribution in [3.05, 3.63) is 52.4 Å². The number of carbonyl (C=O) groups excluding carboxylic acids is 1. The number of ether oxygens (including phenoxy) is 1. The van der Waals surface area contributed by atoms with Crippen molar-refractivity contribution in [2.45, 2.75) is 32.5 Å². The van der Waals surface area contributed by atoms with Gasteiger partial charge in [-0.3, -0.25) is 9.69 Å². The van der Waals surface area contributed by atoms with Crippen LogP contribution in [0, 0.1) is 13.8 Å². The predicted octanol–water partition coefficient (Wildman–Crippen LogP) is 3.04. The van der Waals surface area contributed by atoms with Gasteiger partial charge in [-0.2, -0.15) is 13.2 Å². The molecule has 158 valence electrons. The zero-order valence-electron chi connectivity index (χ0n) is 16.4. The van der Waals surface area contributed by atoms with E-state index in [0.717, 1.165) is 23.3 Å². The number of carbonyl (C=O) groups is 1. The van der Waals surface area contributed by atoms with E-state index in [4.69, 9.17) is 9.26 Å². The van der Waals surface area contributed by atoms with Gasteiger partial charge in [0.15, 0.2) is 0 Å². The number of aromatic nitrogens is 1. The van der Waals surface area contributed by atoms with Crippen molar-refractivity contribution in [3.63, 3.8) is 0 Å². The van der Waals surface area contributed by atoms with E-state index in [9.17, 15) is 18.0 Å². The molecule has 1 amide bonds. The Balaban J connectivity index is 1.71. The molecule has 1 aliphatic heterocycles. The van der Waals surface area contributed by atoms with E-state index in [1.165, 1.54) is 12.1 Å². The number of halogens is 3. The van der Waals surface area contributed by atoms with Gasteiger partial charge < -0.3 is 14.6 Å². The van der Waals surface area contributed by atoms with Crippen LogP contribution >= 0.6 is 0 Å². The first kappa shape index (κ1) is 21.3. The average Bonchev–Trinajstić information content (AvgIpc) is 3.01. The topological polar surface area (TPSA) is 67.6 Å². The van der Waals surface area contributed by atoms with E-state index >= 15 is 0 Å². The quantitative estimate of drug-likeness (QED) is 0.792. The second-order valence-electron chi connectivity index (χ2n) is 7.07. The second kappa shape index (κ2) is 8.96. The highest BCUT2D eigenvalue weighted by Gasteiger charge is 2.31. The summed E-state index contributed by atoms with van der Waals surface area (Å²) >= 11 is 0. The lowest BCUT2D eigenvalue weighted by molar-refractivity contribution is -0.137. The Hall–Kier alpha value is -2.39. The Kier molecular flexibility index (Phi) is 6.59. The summed E-state index contributed by atoms with van der Waals surface area (Å²) in [5.74, 6) is 0.412. The number of rotatable bonds is 6. The Labute approximate surface area is 167 Å². The molecule has 1 saturated heterocycles. The van der Waals surface area contributed by atoms with Crippen LogP contribution in [0.5, 0.6) is 0 Å². The van der Waals surface area contributed by atoms with Crippen molar-refractivity contribution < 1.29 is 27.2 Å². The highest BCUT2D eigenvalue weighted by atomic mass is 19.4. The average molecular weight is 411 g/mol. The molecule has 1 aromatic heterocycles. The van der Waals surface area contributed by atoms with E-state index in [1.54, 1.807) is 13.8 Å². The van der Waals surface area contributed by atoms with Crippen LogP contribution in [-0.2, 0) is 22.1 Å². The zero-order chi connectivity index (χ0) is 21.0. The van der Waals surface area contributed by atoms with Crippen molar-refractivity contribution in [1.29, 1.82) is 0 Å². The first-order valence-electron chi connectivity index (χ1n) is 9.43. The van der Waals surface area contributed by atoms with Gasteiger partial charge in [-0.25, -0.2) is 0 Å². The van der Waals surface area contributed by atoms with Gasteiger partial charge >= 0.3 is 6.18 Å². The van der Waals surface area contributed by atoms with Crippen LogP contribution in [0.2, 0.25) is 0 Å². The Bertz CT molecular complexity index is 808. The normalized spacial score (nSPS) is 16.6. The van der Waals surface area contributed by atoms with E-state index in [-0.39, 0.29) is 24.9 Å². The molecule has 0 saturated carbocycles. The predicted molar refractivity (Wildman–Crippen MR) is 99.3 cm³/mol. The highest BCUT2D eigenvalue weighted by Crippen LogP contribution is 2.31. The van der Waals surface area contributed by atoms with Gasteiger partial charge in [-0.1, -0.05) is 17.3 Å². The number of hydrogen-bond acceptors (Lipinski definition) is 5. The standard InChI is InChI=1S/C20H24F3N3O3/c1-13-17(14(2)29-25-13)11-19(27)24-12-18(26-7-9-28-10-8-26)15-3-5-16(6-4-15)20(21,22)23/h3-6,18H,7-12H2,1-2H3,(H,24,27). The maximum atomic E-state index is 12.9. The molecule has 1 N–H and O–H groups in total. The van der Waals surface area contributed by atoms with Gasteiger partial charge in [0.05, 0.1) is 36.9 Å². The number of amides is 1. The minimum atomic E-state index is -4.38. The summed E-state index contributed by atoms with van der Waals surface area (Å²) in [7, 11) is 0. The molecule has 1 fully saturated rings. The van der Waals surface area contributed by atoms with Crippen molar-refractivity contribution in [2.24, 2.45) is 0 Å². The summed E-state index contributed by atoms with van der Waals surface area (Å²) in [6.07, 6.45) is -4.24. The van der Waals surface area contributed by atoms with Gasteiger partial charge in [0.25, 0.3) is 0 Å². The van der Waals surface area contributed by atoms with Gasteiger partial charge in [0.1, 0.15) is 5.76 Å². The molecule has 0 radical (unpaired) electrons. The Morgan fingerprint density at radius 1 is 1.21 bits per heavy atom. The van der Waals surface area contributed by atoms with Gasteiger partial charge in [0.2, 0.25) is 5.91 Å². The van der Waals surface area contributed by atoms with Crippen LogP contribution in [0.25, 0.3) is 0 Å². The molecule has 0 spiro atoms. The van der Waals surface area contributed by atoms with E-state index in [1.807, 2.05) is 0 Å². The summed E-state index contributed by atoms with van der Waals surface area (Å²) < 4.78 is 49.1. The maximum absolute atomic E-state index is 12.9. The van der Waals surface area contributed by atoms with Crippen LogP contribution in [0.15, 0.2) is 28.8 Å².